The Morgan fingerprint density at radius 2 is 2.00 bits per heavy atom. The maximum atomic E-state index is 12.6. The number of carbonyl (C=O) groups is 1. The van der Waals surface area contributed by atoms with Gasteiger partial charge in [0, 0.05) is 10.2 Å². The maximum Gasteiger partial charge on any atom is 0.416 e. The van der Waals surface area contributed by atoms with E-state index in [1.807, 2.05) is 0 Å². The highest BCUT2D eigenvalue weighted by Gasteiger charge is 2.37. The lowest BCUT2D eigenvalue weighted by atomic mass is 10.1. The van der Waals surface area contributed by atoms with Crippen molar-refractivity contribution < 1.29 is 18.0 Å². The van der Waals surface area contributed by atoms with E-state index < -0.39 is 17.8 Å². The van der Waals surface area contributed by atoms with Crippen LogP contribution in [0.4, 0.5) is 18.9 Å². The number of alkyl halides is 3. The summed E-state index contributed by atoms with van der Waals surface area (Å²) in [5.74, 6) is -0.365. The van der Waals surface area contributed by atoms with Crippen molar-refractivity contribution in [2.75, 3.05) is 11.4 Å². The molecule has 1 aromatic rings. The van der Waals surface area contributed by atoms with Crippen LogP contribution in [0.15, 0.2) is 22.7 Å². The Hall–Kier alpha value is -1.08. The van der Waals surface area contributed by atoms with Crippen LogP contribution < -0.4 is 10.6 Å². The molecule has 1 fully saturated rings. The van der Waals surface area contributed by atoms with E-state index in [-0.39, 0.29) is 22.6 Å². The Kier molecular flexibility index (Phi) is 2.90. The minimum atomic E-state index is -4.44. The van der Waals surface area contributed by atoms with Crippen molar-refractivity contribution in [3.05, 3.63) is 28.2 Å². The van der Waals surface area contributed by atoms with Crippen LogP contribution in [0.1, 0.15) is 5.56 Å². The van der Waals surface area contributed by atoms with Gasteiger partial charge in [-0.3, -0.25) is 4.79 Å². The molecule has 2 N–H and O–H groups in total. The van der Waals surface area contributed by atoms with E-state index in [9.17, 15) is 18.0 Å². The second kappa shape index (κ2) is 3.99. The zero-order chi connectivity index (χ0) is 12.8. The van der Waals surface area contributed by atoms with Crippen molar-refractivity contribution in [1.82, 2.24) is 0 Å². The number of hydrogen-bond acceptors (Lipinski definition) is 2. The minimum absolute atomic E-state index is 0.207. The molecule has 1 saturated heterocycles. The number of rotatable bonds is 1. The van der Waals surface area contributed by atoms with Crippen LogP contribution in [-0.2, 0) is 11.0 Å². The van der Waals surface area contributed by atoms with Crippen molar-refractivity contribution >= 4 is 27.5 Å². The molecule has 1 amide bonds. The van der Waals surface area contributed by atoms with Gasteiger partial charge < -0.3 is 10.6 Å². The predicted molar refractivity (Wildman–Crippen MR) is 59.5 cm³/mol. The highest BCUT2D eigenvalue weighted by atomic mass is 79.9. The third kappa shape index (κ3) is 2.30. The molecule has 17 heavy (non-hydrogen) atoms. The Balaban J connectivity index is 2.36. The number of amides is 1. The normalized spacial score (nSPS) is 20.4. The number of nitrogens with zero attached hydrogens (tertiary/aromatic N) is 1. The summed E-state index contributed by atoms with van der Waals surface area (Å²) in [6.07, 6.45) is -4.44. The molecule has 0 spiro atoms. The summed E-state index contributed by atoms with van der Waals surface area (Å²) in [5, 5.41) is 0. The second-order valence-corrected chi connectivity index (χ2v) is 4.67. The molecular weight excluding hydrogens is 301 g/mol. The summed E-state index contributed by atoms with van der Waals surface area (Å²) < 4.78 is 37.9. The van der Waals surface area contributed by atoms with Gasteiger partial charge in [0.1, 0.15) is 6.04 Å². The Labute approximate surface area is 104 Å². The van der Waals surface area contributed by atoms with Gasteiger partial charge in [-0.2, -0.15) is 13.2 Å². The molecule has 0 radical (unpaired) electrons. The van der Waals surface area contributed by atoms with Crippen LogP contribution >= 0.6 is 15.9 Å². The van der Waals surface area contributed by atoms with E-state index in [4.69, 9.17) is 5.73 Å². The molecule has 92 valence electrons. The van der Waals surface area contributed by atoms with Gasteiger partial charge in [0.15, 0.2) is 0 Å². The number of benzene rings is 1. The lowest BCUT2D eigenvalue weighted by molar-refractivity contribution is -0.137. The average molecular weight is 309 g/mol. The van der Waals surface area contributed by atoms with Crippen molar-refractivity contribution in [2.45, 2.75) is 12.2 Å². The van der Waals surface area contributed by atoms with Crippen LogP contribution in [0, 0.1) is 0 Å². The Morgan fingerprint density at radius 1 is 1.35 bits per heavy atom. The number of carbonyl (C=O) groups excluding carboxylic acids is 1. The SMILES string of the molecule is NC1CN(c2cc(Br)cc(C(F)(F)F)c2)C1=O. The van der Waals surface area contributed by atoms with E-state index in [1.54, 1.807) is 0 Å². The van der Waals surface area contributed by atoms with E-state index in [1.165, 1.54) is 11.0 Å². The van der Waals surface area contributed by atoms with Crippen LogP contribution in [0.2, 0.25) is 0 Å². The van der Waals surface area contributed by atoms with Crippen molar-refractivity contribution in [3.8, 4) is 0 Å². The summed E-state index contributed by atoms with van der Waals surface area (Å²) in [4.78, 5) is 12.6. The molecule has 1 heterocycles. The molecule has 0 aliphatic carbocycles. The van der Waals surface area contributed by atoms with Crippen molar-refractivity contribution in [3.63, 3.8) is 0 Å². The van der Waals surface area contributed by atoms with Gasteiger partial charge in [-0.05, 0) is 18.2 Å². The van der Waals surface area contributed by atoms with Gasteiger partial charge >= 0.3 is 6.18 Å². The molecule has 1 unspecified atom stereocenters. The first-order valence-electron chi connectivity index (χ1n) is 4.74. The van der Waals surface area contributed by atoms with Crippen LogP contribution in [0.25, 0.3) is 0 Å². The largest absolute Gasteiger partial charge is 0.416 e. The standard InChI is InChI=1S/C10H8BrF3N2O/c11-6-1-5(10(12,13)14)2-7(3-6)16-4-8(15)9(16)17/h1-3,8H,4,15H2. The number of hydrogen-bond donors (Lipinski definition) is 1. The summed E-state index contributed by atoms with van der Waals surface area (Å²) >= 11 is 2.99. The molecule has 1 aromatic carbocycles. The summed E-state index contributed by atoms with van der Waals surface area (Å²) in [7, 11) is 0. The predicted octanol–water partition coefficient (Wildman–Crippen LogP) is 2.14. The van der Waals surface area contributed by atoms with E-state index in [2.05, 4.69) is 15.9 Å². The highest BCUT2D eigenvalue weighted by molar-refractivity contribution is 9.10. The molecule has 1 aliphatic heterocycles. The molecule has 0 bridgehead atoms. The first-order valence-corrected chi connectivity index (χ1v) is 5.53. The number of anilines is 1. The fourth-order valence-electron chi connectivity index (χ4n) is 1.58. The smallest absolute Gasteiger partial charge is 0.318 e. The van der Waals surface area contributed by atoms with Crippen molar-refractivity contribution in [2.24, 2.45) is 5.73 Å². The van der Waals surface area contributed by atoms with Crippen LogP contribution in [0.3, 0.4) is 0 Å². The first kappa shape index (κ1) is 12.4. The van der Waals surface area contributed by atoms with Gasteiger partial charge in [-0.1, -0.05) is 15.9 Å². The third-order valence-corrected chi connectivity index (χ3v) is 2.94. The highest BCUT2D eigenvalue weighted by Crippen LogP contribution is 2.35. The summed E-state index contributed by atoms with van der Waals surface area (Å²) in [6.45, 7) is 0.243. The van der Waals surface area contributed by atoms with Gasteiger partial charge in [0.2, 0.25) is 5.91 Å². The Morgan fingerprint density at radius 3 is 2.47 bits per heavy atom. The fourth-order valence-corrected chi connectivity index (χ4v) is 2.06. The summed E-state index contributed by atoms with van der Waals surface area (Å²) in [5.41, 5.74) is 4.80. The van der Waals surface area contributed by atoms with Crippen molar-refractivity contribution in [1.29, 1.82) is 0 Å². The van der Waals surface area contributed by atoms with Gasteiger partial charge in [-0.15, -0.1) is 0 Å². The molecule has 0 aromatic heterocycles. The minimum Gasteiger partial charge on any atom is -0.318 e. The summed E-state index contributed by atoms with van der Waals surface area (Å²) in [6, 6.07) is 2.75. The quantitative estimate of drug-likeness (QED) is 0.808. The number of β-lactam (4-membered cyclic amide) rings is 1. The fraction of sp³-hybridized carbons (Fsp3) is 0.300. The zero-order valence-electron chi connectivity index (χ0n) is 8.46. The lowest BCUT2D eigenvalue weighted by Crippen LogP contribution is -2.61. The molecule has 2 rings (SSSR count). The van der Waals surface area contributed by atoms with Gasteiger partial charge in [-0.25, -0.2) is 0 Å². The first-order chi connectivity index (χ1) is 7.79. The molecule has 3 nitrogen and oxygen atoms in total. The zero-order valence-corrected chi connectivity index (χ0v) is 10.0. The van der Waals surface area contributed by atoms with Crippen LogP contribution in [-0.4, -0.2) is 18.5 Å². The molecule has 0 saturated carbocycles. The van der Waals surface area contributed by atoms with Crippen LogP contribution in [0.5, 0.6) is 0 Å². The van der Waals surface area contributed by atoms with E-state index >= 15 is 0 Å². The average Bonchev–Trinajstić information content (AvgIpc) is 2.23. The molecule has 1 aliphatic rings. The van der Waals surface area contributed by atoms with E-state index in [0.29, 0.717) is 0 Å². The molecular formula is C10H8BrF3N2O. The number of nitrogens with two attached hydrogens (primary N) is 1. The lowest BCUT2D eigenvalue weighted by Gasteiger charge is -2.36. The number of halogens is 4. The molecule has 7 heteroatoms. The third-order valence-electron chi connectivity index (χ3n) is 2.48. The van der Waals surface area contributed by atoms with Gasteiger partial charge in [0.25, 0.3) is 0 Å². The maximum absolute atomic E-state index is 12.6. The Bertz CT molecular complexity index is 475. The second-order valence-electron chi connectivity index (χ2n) is 3.75. The topological polar surface area (TPSA) is 46.3 Å². The molecule has 1 atom stereocenters. The van der Waals surface area contributed by atoms with E-state index in [0.717, 1.165) is 12.1 Å². The monoisotopic (exact) mass is 308 g/mol. The van der Waals surface area contributed by atoms with Gasteiger partial charge in [0.05, 0.1) is 12.1 Å².